The van der Waals surface area contributed by atoms with Gasteiger partial charge in [0.2, 0.25) is 0 Å². The zero-order chi connectivity index (χ0) is 16.6. The highest BCUT2D eigenvalue weighted by molar-refractivity contribution is 5.93. The Morgan fingerprint density at radius 1 is 1.13 bits per heavy atom. The molecule has 0 atom stereocenters. The molecule has 0 unspecified atom stereocenters. The first-order valence-electron chi connectivity index (χ1n) is 6.64. The van der Waals surface area contributed by atoms with E-state index in [0.29, 0.717) is 0 Å². The summed E-state index contributed by atoms with van der Waals surface area (Å²) in [7, 11) is 1.24. The summed E-state index contributed by atoms with van der Waals surface area (Å²) in [6.07, 6.45) is 0. The zero-order valence-corrected chi connectivity index (χ0v) is 12.0. The fourth-order valence-corrected chi connectivity index (χ4v) is 2.29. The maximum absolute atomic E-state index is 13.0. The second kappa shape index (κ2) is 5.53. The predicted molar refractivity (Wildman–Crippen MR) is 81.5 cm³/mol. The van der Waals surface area contributed by atoms with Crippen LogP contribution in [0.15, 0.2) is 52.1 Å². The van der Waals surface area contributed by atoms with Crippen molar-refractivity contribution in [3.8, 4) is 5.69 Å². The summed E-state index contributed by atoms with van der Waals surface area (Å²) in [4.78, 5) is 38.8. The van der Waals surface area contributed by atoms with E-state index in [-0.39, 0.29) is 22.2 Å². The number of hydrogen-bond acceptors (Lipinski definition) is 4. The van der Waals surface area contributed by atoms with Crippen LogP contribution in [-0.2, 0) is 4.74 Å². The van der Waals surface area contributed by atoms with E-state index in [1.165, 1.54) is 37.4 Å². The number of fused-ring (bicyclic) bond motifs is 1. The summed E-state index contributed by atoms with van der Waals surface area (Å²) < 4.78 is 18.5. The minimum absolute atomic E-state index is 0.217. The van der Waals surface area contributed by atoms with Crippen molar-refractivity contribution in [2.45, 2.75) is 0 Å². The van der Waals surface area contributed by atoms with Crippen molar-refractivity contribution < 1.29 is 13.9 Å². The third-order valence-corrected chi connectivity index (χ3v) is 3.40. The molecule has 6 nitrogen and oxygen atoms in total. The summed E-state index contributed by atoms with van der Waals surface area (Å²) >= 11 is 0. The molecule has 0 aliphatic heterocycles. The first-order chi connectivity index (χ1) is 11.0. The Bertz CT molecular complexity index is 1020. The van der Waals surface area contributed by atoms with Gasteiger partial charge in [-0.1, -0.05) is 0 Å². The van der Waals surface area contributed by atoms with Gasteiger partial charge in [-0.2, -0.15) is 0 Å². The Morgan fingerprint density at radius 2 is 1.83 bits per heavy atom. The highest BCUT2D eigenvalue weighted by Crippen LogP contribution is 2.12. The number of carbonyl (C=O) groups is 1. The number of methoxy groups -OCH3 is 1. The molecule has 1 heterocycles. The van der Waals surface area contributed by atoms with Crippen molar-refractivity contribution >= 4 is 16.9 Å². The van der Waals surface area contributed by atoms with Crippen LogP contribution in [0.2, 0.25) is 0 Å². The molecule has 0 radical (unpaired) electrons. The fraction of sp³-hybridized carbons (Fsp3) is 0.0625. The minimum Gasteiger partial charge on any atom is -0.465 e. The number of H-pyrrole nitrogens is 1. The average Bonchev–Trinajstić information content (AvgIpc) is 2.55. The highest BCUT2D eigenvalue weighted by Gasteiger charge is 2.12. The van der Waals surface area contributed by atoms with Gasteiger partial charge in [0.15, 0.2) is 0 Å². The molecule has 0 fully saturated rings. The van der Waals surface area contributed by atoms with Crippen LogP contribution in [0.4, 0.5) is 4.39 Å². The summed E-state index contributed by atoms with van der Waals surface area (Å²) in [5.41, 5.74) is -0.560. The molecule has 1 aromatic heterocycles. The summed E-state index contributed by atoms with van der Waals surface area (Å²) in [6, 6.07) is 9.22. The van der Waals surface area contributed by atoms with E-state index in [4.69, 9.17) is 0 Å². The normalized spacial score (nSPS) is 10.7. The number of esters is 1. The van der Waals surface area contributed by atoms with E-state index in [9.17, 15) is 18.8 Å². The minimum atomic E-state index is -0.684. The van der Waals surface area contributed by atoms with Gasteiger partial charge in [-0.05, 0) is 42.5 Å². The Morgan fingerprint density at radius 3 is 2.48 bits per heavy atom. The van der Waals surface area contributed by atoms with E-state index in [2.05, 4.69) is 9.72 Å². The highest BCUT2D eigenvalue weighted by atomic mass is 19.1. The van der Waals surface area contributed by atoms with Crippen molar-refractivity contribution in [2.24, 2.45) is 0 Å². The third-order valence-electron chi connectivity index (χ3n) is 3.40. The van der Waals surface area contributed by atoms with Crippen LogP contribution in [0.1, 0.15) is 10.4 Å². The van der Waals surface area contributed by atoms with Gasteiger partial charge in [-0.15, -0.1) is 0 Å². The van der Waals surface area contributed by atoms with Crippen LogP contribution >= 0.6 is 0 Å². The molecule has 0 saturated heterocycles. The summed E-state index contributed by atoms with van der Waals surface area (Å²) in [6.45, 7) is 0. The first-order valence-corrected chi connectivity index (χ1v) is 6.64. The second-order valence-electron chi connectivity index (χ2n) is 4.80. The fourth-order valence-electron chi connectivity index (χ4n) is 2.29. The summed E-state index contributed by atoms with van der Waals surface area (Å²) in [5.74, 6) is -1.04. The molecule has 23 heavy (non-hydrogen) atoms. The number of aromatic amines is 1. The van der Waals surface area contributed by atoms with Crippen LogP contribution in [0.3, 0.4) is 0 Å². The topological polar surface area (TPSA) is 81.2 Å². The molecule has 0 aliphatic rings. The summed E-state index contributed by atoms with van der Waals surface area (Å²) in [5, 5.41) is 0.224. The number of ether oxygens (including phenoxy) is 1. The molecule has 0 bridgehead atoms. The van der Waals surface area contributed by atoms with Crippen molar-refractivity contribution in [1.29, 1.82) is 0 Å². The van der Waals surface area contributed by atoms with Gasteiger partial charge >= 0.3 is 11.7 Å². The zero-order valence-electron chi connectivity index (χ0n) is 12.0. The average molecular weight is 314 g/mol. The van der Waals surface area contributed by atoms with Crippen molar-refractivity contribution in [3.05, 3.63) is 74.7 Å². The molecule has 0 amide bonds. The Hall–Kier alpha value is -3.22. The SMILES string of the molecule is COC(=O)c1ccc2c(=O)n(-c3ccc(F)cc3)c(=O)[nH]c2c1. The first kappa shape index (κ1) is 14.7. The molecule has 1 N–H and O–H groups in total. The quantitative estimate of drug-likeness (QED) is 0.729. The van der Waals surface area contributed by atoms with Gasteiger partial charge in [0, 0.05) is 0 Å². The van der Waals surface area contributed by atoms with E-state index >= 15 is 0 Å². The van der Waals surface area contributed by atoms with Crippen molar-refractivity contribution in [2.75, 3.05) is 7.11 Å². The van der Waals surface area contributed by atoms with Crippen LogP contribution < -0.4 is 11.2 Å². The largest absolute Gasteiger partial charge is 0.465 e. The third kappa shape index (κ3) is 2.52. The smallest absolute Gasteiger partial charge is 0.337 e. The van der Waals surface area contributed by atoms with Crippen LogP contribution in [-0.4, -0.2) is 22.6 Å². The van der Waals surface area contributed by atoms with Crippen LogP contribution in [0, 0.1) is 5.82 Å². The molecule has 7 heteroatoms. The molecule has 2 aromatic carbocycles. The van der Waals surface area contributed by atoms with Gasteiger partial charge in [0.1, 0.15) is 5.82 Å². The van der Waals surface area contributed by atoms with Crippen LogP contribution in [0.25, 0.3) is 16.6 Å². The van der Waals surface area contributed by atoms with Gasteiger partial charge < -0.3 is 9.72 Å². The number of aromatic nitrogens is 2. The predicted octanol–water partition coefficient (Wildman–Crippen LogP) is 1.60. The second-order valence-corrected chi connectivity index (χ2v) is 4.80. The van der Waals surface area contributed by atoms with Gasteiger partial charge in [-0.3, -0.25) is 4.79 Å². The molecule has 0 spiro atoms. The Balaban J connectivity index is 2.26. The number of nitrogens with zero attached hydrogens (tertiary/aromatic N) is 1. The van der Waals surface area contributed by atoms with E-state index in [1.807, 2.05) is 0 Å². The van der Waals surface area contributed by atoms with Crippen molar-refractivity contribution in [1.82, 2.24) is 9.55 Å². The lowest BCUT2D eigenvalue weighted by molar-refractivity contribution is 0.0601. The number of benzene rings is 2. The Kier molecular flexibility index (Phi) is 3.53. The monoisotopic (exact) mass is 314 g/mol. The molecule has 0 aliphatic carbocycles. The van der Waals surface area contributed by atoms with E-state index in [1.54, 1.807) is 0 Å². The van der Waals surface area contributed by atoms with Gasteiger partial charge in [-0.25, -0.2) is 18.5 Å². The molecule has 3 rings (SSSR count). The number of rotatable bonds is 2. The molecule has 0 saturated carbocycles. The Labute approximate surface area is 128 Å². The van der Waals surface area contributed by atoms with Crippen LogP contribution in [0.5, 0.6) is 0 Å². The number of nitrogens with one attached hydrogen (secondary N) is 1. The maximum Gasteiger partial charge on any atom is 0.337 e. The molecular weight excluding hydrogens is 303 g/mol. The lowest BCUT2D eigenvalue weighted by atomic mass is 10.1. The van der Waals surface area contributed by atoms with Gasteiger partial charge in [0.05, 0.1) is 29.3 Å². The number of halogens is 1. The lowest BCUT2D eigenvalue weighted by Gasteiger charge is -2.07. The van der Waals surface area contributed by atoms with E-state index < -0.39 is 23.0 Å². The lowest BCUT2D eigenvalue weighted by Crippen LogP contribution is -2.33. The number of carbonyl (C=O) groups excluding carboxylic acids is 1. The van der Waals surface area contributed by atoms with Gasteiger partial charge in [0.25, 0.3) is 5.56 Å². The molecular formula is C16H11FN2O4. The maximum atomic E-state index is 13.0. The standard InChI is InChI=1S/C16H11FN2O4/c1-23-15(21)9-2-7-12-13(8-9)18-16(22)19(14(12)20)11-5-3-10(17)4-6-11/h2-8H,1H3,(H,18,22). The van der Waals surface area contributed by atoms with Crippen molar-refractivity contribution in [3.63, 3.8) is 0 Å². The number of hydrogen-bond donors (Lipinski definition) is 1. The van der Waals surface area contributed by atoms with E-state index in [0.717, 1.165) is 16.7 Å². The molecule has 3 aromatic rings. The molecule has 116 valence electrons.